The molecule has 0 N–H and O–H groups in total. The molecular weight excluding hydrogens is 272 g/mol. The van der Waals surface area contributed by atoms with Crippen LogP contribution in [0.3, 0.4) is 0 Å². The molecule has 0 aromatic rings. The van der Waals surface area contributed by atoms with E-state index in [1.165, 1.54) is 89.5 Å². The van der Waals surface area contributed by atoms with E-state index in [4.69, 9.17) is 4.74 Å². The van der Waals surface area contributed by atoms with Gasteiger partial charge in [0.05, 0.1) is 6.61 Å². The second-order valence-electron chi connectivity index (χ2n) is 6.46. The Bertz CT molecular complexity index is 260. The minimum absolute atomic E-state index is 0.281. The smallest absolute Gasteiger partial charge is 0.330 e. The topological polar surface area (TPSA) is 26.3 Å². The molecule has 0 bridgehead atoms. The van der Waals surface area contributed by atoms with Crippen molar-refractivity contribution in [3.8, 4) is 0 Å². The minimum Gasteiger partial charge on any atom is -0.462 e. The van der Waals surface area contributed by atoms with Crippen LogP contribution in [0.25, 0.3) is 0 Å². The highest BCUT2D eigenvalue weighted by Crippen LogP contribution is 2.19. The van der Waals surface area contributed by atoms with E-state index in [0.29, 0.717) is 12.5 Å². The van der Waals surface area contributed by atoms with Gasteiger partial charge in [0.1, 0.15) is 0 Å². The lowest BCUT2D eigenvalue weighted by atomic mass is 9.95. The molecule has 0 aliphatic carbocycles. The number of rotatable bonds is 16. The highest BCUT2D eigenvalue weighted by Gasteiger charge is 2.10. The fourth-order valence-electron chi connectivity index (χ4n) is 2.82. The lowest BCUT2D eigenvalue weighted by Crippen LogP contribution is -2.13. The molecule has 130 valence electrons. The Balaban J connectivity index is 3.72. The van der Waals surface area contributed by atoms with E-state index in [0.717, 1.165) is 0 Å². The summed E-state index contributed by atoms with van der Waals surface area (Å²) in [4.78, 5) is 11.2. The van der Waals surface area contributed by atoms with Crippen LogP contribution >= 0.6 is 0 Å². The Labute approximate surface area is 138 Å². The predicted molar refractivity (Wildman–Crippen MR) is 96.0 cm³/mol. The molecule has 0 saturated carbocycles. The summed E-state index contributed by atoms with van der Waals surface area (Å²) in [5, 5.41) is 0. The molecule has 0 rings (SSSR count). The van der Waals surface area contributed by atoms with Gasteiger partial charge in [-0.05, 0) is 18.8 Å². The lowest BCUT2D eigenvalue weighted by Gasteiger charge is -2.16. The van der Waals surface area contributed by atoms with Gasteiger partial charge in [0.2, 0.25) is 0 Å². The van der Waals surface area contributed by atoms with Crippen LogP contribution in [0.5, 0.6) is 0 Å². The van der Waals surface area contributed by atoms with E-state index < -0.39 is 0 Å². The summed E-state index contributed by atoms with van der Waals surface area (Å²) in [5.41, 5.74) is 0. The van der Waals surface area contributed by atoms with E-state index in [-0.39, 0.29) is 5.97 Å². The van der Waals surface area contributed by atoms with Crippen LogP contribution < -0.4 is 0 Å². The molecule has 2 heteroatoms. The first-order chi connectivity index (χ1) is 10.7. The summed E-state index contributed by atoms with van der Waals surface area (Å²) < 4.78 is 5.25. The third-order valence-corrected chi connectivity index (χ3v) is 4.31. The van der Waals surface area contributed by atoms with E-state index in [9.17, 15) is 4.79 Å². The zero-order valence-electron chi connectivity index (χ0n) is 15.1. The standard InChI is InChI=1S/C20H38O2/c1-4-7-9-10-11-12-13-15-17-19(16-14-8-5-2)18-22-20(21)6-3/h6,19H,3-5,7-18H2,1-2H3. The fraction of sp³-hybridized carbons (Fsp3) is 0.850. The largest absolute Gasteiger partial charge is 0.462 e. The number of unbranched alkanes of at least 4 members (excludes halogenated alkanes) is 9. The monoisotopic (exact) mass is 310 g/mol. The Morgan fingerprint density at radius 2 is 1.32 bits per heavy atom. The third kappa shape index (κ3) is 14.2. The van der Waals surface area contributed by atoms with Crippen molar-refractivity contribution in [3.63, 3.8) is 0 Å². The number of carbonyl (C=O) groups is 1. The Hall–Kier alpha value is -0.790. The molecular formula is C20H38O2. The molecule has 1 atom stereocenters. The second-order valence-corrected chi connectivity index (χ2v) is 6.46. The highest BCUT2D eigenvalue weighted by atomic mass is 16.5. The molecule has 0 spiro atoms. The summed E-state index contributed by atoms with van der Waals surface area (Å²) in [5.74, 6) is 0.256. The normalized spacial score (nSPS) is 12.1. The van der Waals surface area contributed by atoms with E-state index >= 15 is 0 Å². The zero-order chi connectivity index (χ0) is 16.5. The number of esters is 1. The van der Waals surface area contributed by atoms with Crippen LogP contribution in [-0.2, 0) is 9.53 Å². The van der Waals surface area contributed by atoms with Crippen molar-refractivity contribution in [3.05, 3.63) is 12.7 Å². The van der Waals surface area contributed by atoms with Gasteiger partial charge in [-0.1, -0.05) is 91.1 Å². The first-order valence-electron chi connectivity index (χ1n) is 9.53. The maximum absolute atomic E-state index is 11.2. The quantitative estimate of drug-likeness (QED) is 0.186. The molecule has 0 aromatic carbocycles. The van der Waals surface area contributed by atoms with Crippen molar-refractivity contribution in [1.29, 1.82) is 0 Å². The van der Waals surface area contributed by atoms with Crippen molar-refractivity contribution < 1.29 is 9.53 Å². The summed E-state index contributed by atoms with van der Waals surface area (Å²) >= 11 is 0. The summed E-state index contributed by atoms with van der Waals surface area (Å²) in [7, 11) is 0. The van der Waals surface area contributed by atoms with Gasteiger partial charge in [0, 0.05) is 6.08 Å². The average molecular weight is 311 g/mol. The highest BCUT2D eigenvalue weighted by molar-refractivity contribution is 5.81. The van der Waals surface area contributed by atoms with E-state index in [1.807, 2.05) is 0 Å². The van der Waals surface area contributed by atoms with Crippen molar-refractivity contribution in [1.82, 2.24) is 0 Å². The van der Waals surface area contributed by atoms with Gasteiger partial charge in [0.15, 0.2) is 0 Å². The van der Waals surface area contributed by atoms with Crippen molar-refractivity contribution >= 4 is 5.97 Å². The maximum atomic E-state index is 11.2. The molecule has 0 aromatic heterocycles. The zero-order valence-corrected chi connectivity index (χ0v) is 15.1. The molecule has 0 radical (unpaired) electrons. The second kappa shape index (κ2) is 16.6. The molecule has 0 heterocycles. The minimum atomic E-state index is -0.281. The molecule has 22 heavy (non-hydrogen) atoms. The van der Waals surface area contributed by atoms with E-state index in [1.54, 1.807) is 0 Å². The number of ether oxygens (including phenoxy) is 1. The average Bonchev–Trinajstić information content (AvgIpc) is 2.54. The first kappa shape index (κ1) is 21.2. The number of carbonyl (C=O) groups excluding carboxylic acids is 1. The van der Waals surface area contributed by atoms with Gasteiger partial charge in [-0.25, -0.2) is 4.79 Å². The van der Waals surface area contributed by atoms with E-state index in [2.05, 4.69) is 20.4 Å². The van der Waals surface area contributed by atoms with Crippen LogP contribution in [0.15, 0.2) is 12.7 Å². The summed E-state index contributed by atoms with van der Waals surface area (Å²) in [6.45, 7) is 8.52. The van der Waals surface area contributed by atoms with Crippen LogP contribution in [0.2, 0.25) is 0 Å². The van der Waals surface area contributed by atoms with Crippen molar-refractivity contribution in [2.45, 2.75) is 97.3 Å². The third-order valence-electron chi connectivity index (χ3n) is 4.31. The molecule has 0 saturated heterocycles. The lowest BCUT2D eigenvalue weighted by molar-refractivity contribution is -0.139. The van der Waals surface area contributed by atoms with Crippen LogP contribution in [-0.4, -0.2) is 12.6 Å². The molecule has 0 fully saturated rings. The van der Waals surface area contributed by atoms with Crippen LogP contribution in [0.4, 0.5) is 0 Å². The molecule has 0 amide bonds. The summed E-state index contributed by atoms with van der Waals surface area (Å²) in [6, 6.07) is 0. The van der Waals surface area contributed by atoms with Gasteiger partial charge in [0.25, 0.3) is 0 Å². The van der Waals surface area contributed by atoms with Gasteiger partial charge in [-0.3, -0.25) is 0 Å². The van der Waals surface area contributed by atoms with Crippen LogP contribution in [0, 0.1) is 5.92 Å². The molecule has 2 nitrogen and oxygen atoms in total. The van der Waals surface area contributed by atoms with Crippen molar-refractivity contribution in [2.75, 3.05) is 6.61 Å². The van der Waals surface area contributed by atoms with Gasteiger partial charge >= 0.3 is 5.97 Å². The van der Waals surface area contributed by atoms with Gasteiger partial charge in [-0.2, -0.15) is 0 Å². The molecule has 0 aliphatic heterocycles. The number of hydrogen-bond donors (Lipinski definition) is 0. The first-order valence-corrected chi connectivity index (χ1v) is 9.53. The van der Waals surface area contributed by atoms with Gasteiger partial charge < -0.3 is 4.74 Å². The number of hydrogen-bond acceptors (Lipinski definition) is 2. The Morgan fingerprint density at radius 3 is 1.86 bits per heavy atom. The Morgan fingerprint density at radius 1 is 0.864 bits per heavy atom. The summed E-state index contributed by atoms with van der Waals surface area (Å²) in [6.07, 6.45) is 18.3. The SMILES string of the molecule is C=CC(=O)OCC(CCCCC)CCCCCCCCCC. The molecule has 0 aliphatic rings. The maximum Gasteiger partial charge on any atom is 0.330 e. The Kier molecular flexibility index (Phi) is 16.0. The molecule has 1 unspecified atom stereocenters. The van der Waals surface area contributed by atoms with Gasteiger partial charge in [-0.15, -0.1) is 0 Å². The predicted octanol–water partition coefficient (Wildman–Crippen LogP) is 6.44. The van der Waals surface area contributed by atoms with Crippen LogP contribution in [0.1, 0.15) is 97.3 Å². The van der Waals surface area contributed by atoms with Crippen molar-refractivity contribution in [2.24, 2.45) is 5.92 Å². The fourth-order valence-corrected chi connectivity index (χ4v) is 2.82.